The molecule has 1 amide bonds. The Morgan fingerprint density at radius 3 is 2.44 bits per heavy atom. The van der Waals surface area contributed by atoms with Gasteiger partial charge >= 0.3 is 0 Å². The second-order valence-corrected chi connectivity index (χ2v) is 15.0. The number of hydrogen-bond acceptors (Lipinski definition) is 7. The largest absolute Gasteiger partial charge is 0.368 e. The van der Waals surface area contributed by atoms with Gasteiger partial charge in [-0.3, -0.25) is 19.2 Å². The van der Waals surface area contributed by atoms with Gasteiger partial charge in [-0.25, -0.2) is 30.7 Å². The Labute approximate surface area is 296 Å². The van der Waals surface area contributed by atoms with Gasteiger partial charge in [0.05, 0.1) is 33.4 Å². The van der Waals surface area contributed by atoms with Gasteiger partial charge in [0.25, 0.3) is 12.3 Å². The normalized spacial score (nSPS) is 18.6. The smallest absolute Gasteiger partial charge is 0.293 e. The maximum absolute atomic E-state index is 15.9. The predicted octanol–water partition coefficient (Wildman–Crippen LogP) is 6.21. The molecule has 2 aliphatic carbocycles. The monoisotopic (exact) mass is 762 g/mol. The van der Waals surface area contributed by atoms with Crippen molar-refractivity contribution >= 4 is 44.3 Å². The molecule has 2 aromatic carbocycles. The highest BCUT2D eigenvalue weighted by molar-refractivity contribution is 7.92. The van der Waals surface area contributed by atoms with Crippen LogP contribution in [0.4, 0.5) is 32.2 Å². The summed E-state index contributed by atoms with van der Waals surface area (Å²) in [5.41, 5.74) is 3.89. The number of aromatic nitrogens is 5. The highest BCUT2D eigenvalue weighted by Crippen LogP contribution is 2.68. The molecule has 11 nitrogen and oxygen atoms in total. The number of amides is 1. The number of halogens is 7. The van der Waals surface area contributed by atoms with E-state index in [1.165, 1.54) is 29.9 Å². The van der Waals surface area contributed by atoms with Crippen LogP contribution in [0.1, 0.15) is 64.5 Å². The number of carbonyl (C=O) groups excluding carboxylic acids is 1. The molecule has 0 radical (unpaired) electrons. The van der Waals surface area contributed by atoms with E-state index < -0.39 is 81.5 Å². The van der Waals surface area contributed by atoms with E-state index in [9.17, 15) is 36.0 Å². The first-order chi connectivity index (χ1) is 24.4. The van der Waals surface area contributed by atoms with E-state index in [0.29, 0.717) is 10.7 Å². The van der Waals surface area contributed by atoms with Crippen LogP contribution in [-0.4, -0.2) is 45.1 Å². The minimum atomic E-state index is -3.87. The third-order valence-corrected chi connectivity index (χ3v) is 10.2. The van der Waals surface area contributed by atoms with Gasteiger partial charge in [0.2, 0.25) is 15.9 Å². The van der Waals surface area contributed by atoms with Gasteiger partial charge < -0.3 is 5.73 Å². The summed E-state index contributed by atoms with van der Waals surface area (Å²) < 4.78 is 118. The average molecular weight is 763 g/mol. The number of sulfonamides is 1. The molecule has 4 atom stereocenters. The van der Waals surface area contributed by atoms with Gasteiger partial charge in [-0.05, 0) is 48.6 Å². The molecule has 7 rings (SSSR count). The standard InChI is InChI=1S/C33H25ClF6N8O3S/c1-47-27-17(3-4-22(34)24(27)32(45-47)46-52(2,50)51)18-8-14(11-41)12-43-25(18)20(7-13-5-15(35)9-16(36)6-13)28(31(42)49)48-29-23(26(44-48)30(37)38)19-10-21(19)33(29,39)40/h3-6,8-9,12,19-21,28,30H,7,10H2,1-2H3,(H2,42,49)(H,45,46)/t19-,20+,21+,28?/m0/s1. The van der Waals surface area contributed by atoms with Crippen molar-refractivity contribution in [3.63, 3.8) is 0 Å². The van der Waals surface area contributed by atoms with Crippen molar-refractivity contribution in [1.82, 2.24) is 24.5 Å². The van der Waals surface area contributed by atoms with E-state index in [4.69, 9.17) is 17.3 Å². The Morgan fingerprint density at radius 2 is 1.83 bits per heavy atom. The van der Waals surface area contributed by atoms with Crippen molar-refractivity contribution < 1.29 is 39.6 Å². The van der Waals surface area contributed by atoms with Crippen LogP contribution in [-0.2, 0) is 34.2 Å². The first-order valence-electron chi connectivity index (χ1n) is 15.5. The average Bonchev–Trinajstić information content (AvgIpc) is 3.58. The first kappa shape index (κ1) is 35.3. The SMILES string of the molecule is Cn1nc(NS(C)(=O)=O)c2c(Cl)ccc(-c3cc(C#N)cnc3[C@@H](Cc3cc(F)cc(F)c3)C(C(N)=O)n3nc(C(F)F)c4c3C(F)(F)[C@@H]3C[C@H]43)c21. The number of alkyl halides is 4. The van der Waals surface area contributed by atoms with Crippen molar-refractivity contribution in [3.05, 3.63) is 93.0 Å². The number of hydrogen-bond donors (Lipinski definition) is 2. The summed E-state index contributed by atoms with van der Waals surface area (Å²) in [7, 11) is -2.41. The molecule has 19 heteroatoms. The Morgan fingerprint density at radius 1 is 1.13 bits per heavy atom. The third-order valence-electron chi connectivity index (χ3n) is 9.35. The number of nitrogens with one attached hydrogen (secondary N) is 1. The Kier molecular flexibility index (Phi) is 8.29. The lowest BCUT2D eigenvalue weighted by molar-refractivity contribution is -0.122. The lowest BCUT2D eigenvalue weighted by Crippen LogP contribution is -2.37. The summed E-state index contributed by atoms with van der Waals surface area (Å²) in [5, 5.41) is 18.1. The Hall–Kier alpha value is -5.15. The van der Waals surface area contributed by atoms with E-state index in [2.05, 4.69) is 19.9 Å². The second kappa shape index (κ2) is 12.2. The summed E-state index contributed by atoms with van der Waals surface area (Å²) >= 11 is 6.53. The van der Waals surface area contributed by atoms with Gasteiger partial charge in [-0.15, -0.1) is 0 Å². The molecule has 0 bridgehead atoms. The van der Waals surface area contributed by atoms with Crippen molar-refractivity contribution in [2.75, 3.05) is 11.0 Å². The second-order valence-electron chi connectivity index (χ2n) is 12.8. The molecule has 1 fully saturated rings. The maximum Gasteiger partial charge on any atom is 0.293 e. The number of benzene rings is 2. The number of nitriles is 1. The lowest BCUT2D eigenvalue weighted by Gasteiger charge is -2.29. The zero-order chi connectivity index (χ0) is 37.6. The highest BCUT2D eigenvalue weighted by Gasteiger charge is 2.67. The number of carbonyl (C=O) groups is 1. The number of pyridine rings is 1. The number of primary amides is 1. The molecule has 1 unspecified atom stereocenters. The maximum atomic E-state index is 15.9. The number of aryl methyl sites for hydroxylation is 1. The summed E-state index contributed by atoms with van der Waals surface area (Å²) in [5.74, 6) is -10.9. The summed E-state index contributed by atoms with van der Waals surface area (Å²) in [6.07, 6.45) is -1.88. The van der Waals surface area contributed by atoms with Gasteiger partial charge in [-0.1, -0.05) is 17.7 Å². The van der Waals surface area contributed by atoms with Crippen molar-refractivity contribution in [1.29, 1.82) is 5.26 Å². The molecule has 2 aliphatic rings. The number of anilines is 1. The molecular weight excluding hydrogens is 738 g/mol. The van der Waals surface area contributed by atoms with Crippen molar-refractivity contribution in [2.45, 2.75) is 43.1 Å². The predicted molar refractivity (Wildman–Crippen MR) is 175 cm³/mol. The van der Waals surface area contributed by atoms with E-state index in [-0.39, 0.29) is 61.7 Å². The van der Waals surface area contributed by atoms with Gasteiger partial charge in [0.15, 0.2) is 5.82 Å². The molecule has 3 N–H and O–H groups in total. The fraction of sp³-hybridized carbons (Fsp3) is 0.303. The van der Waals surface area contributed by atoms with E-state index in [0.717, 1.165) is 24.6 Å². The molecule has 0 aliphatic heterocycles. The van der Waals surface area contributed by atoms with Gasteiger partial charge in [0.1, 0.15) is 35.1 Å². The van der Waals surface area contributed by atoms with Crippen molar-refractivity contribution in [2.24, 2.45) is 18.7 Å². The first-order valence-corrected chi connectivity index (χ1v) is 17.7. The summed E-state index contributed by atoms with van der Waals surface area (Å²) in [6, 6.07) is 6.60. The molecule has 5 aromatic rings. The molecule has 0 saturated heterocycles. The van der Waals surface area contributed by atoms with Crippen molar-refractivity contribution in [3.8, 4) is 17.2 Å². The lowest BCUT2D eigenvalue weighted by atomic mass is 9.83. The molecule has 1 saturated carbocycles. The van der Waals surface area contributed by atoms with Crippen LogP contribution in [0.2, 0.25) is 5.02 Å². The van der Waals surface area contributed by atoms with Crippen LogP contribution in [0.3, 0.4) is 0 Å². The molecule has 270 valence electrons. The van der Waals surface area contributed by atoms with E-state index in [1.807, 2.05) is 6.07 Å². The van der Waals surface area contributed by atoms with E-state index in [1.54, 1.807) is 0 Å². The zero-order valence-corrected chi connectivity index (χ0v) is 28.5. The molecule has 0 spiro atoms. The topological polar surface area (TPSA) is 162 Å². The molecule has 3 aromatic heterocycles. The number of nitrogens with two attached hydrogens (primary N) is 1. The Bertz CT molecular complexity index is 2460. The van der Waals surface area contributed by atoms with Crippen LogP contribution >= 0.6 is 11.6 Å². The molecular formula is C33H25ClF6N8O3S. The third kappa shape index (κ3) is 5.81. The minimum absolute atomic E-state index is 0.0312. The summed E-state index contributed by atoms with van der Waals surface area (Å²) in [6.45, 7) is 0. The fourth-order valence-electron chi connectivity index (χ4n) is 7.34. The minimum Gasteiger partial charge on any atom is -0.368 e. The van der Waals surface area contributed by atoms with Gasteiger partial charge in [-0.2, -0.15) is 24.2 Å². The Balaban J connectivity index is 1.53. The summed E-state index contributed by atoms with van der Waals surface area (Å²) in [4.78, 5) is 18.0. The van der Waals surface area contributed by atoms with Gasteiger partial charge in [0, 0.05) is 47.8 Å². The van der Waals surface area contributed by atoms with Crippen LogP contribution in [0.25, 0.3) is 22.0 Å². The van der Waals surface area contributed by atoms with Crippen LogP contribution in [0.15, 0.2) is 42.6 Å². The quantitative estimate of drug-likeness (QED) is 0.160. The number of rotatable bonds is 10. The molecule has 52 heavy (non-hydrogen) atoms. The zero-order valence-electron chi connectivity index (χ0n) is 26.9. The van der Waals surface area contributed by atoms with Crippen LogP contribution < -0.4 is 10.5 Å². The van der Waals surface area contributed by atoms with Crippen LogP contribution in [0, 0.1) is 28.9 Å². The number of fused-ring (bicyclic) bond motifs is 4. The fourth-order valence-corrected chi connectivity index (χ4v) is 8.07. The van der Waals surface area contributed by atoms with Crippen LogP contribution in [0.5, 0.6) is 0 Å². The highest BCUT2D eigenvalue weighted by atomic mass is 35.5. The molecule has 3 heterocycles. The number of nitrogens with zero attached hydrogens (tertiary/aromatic N) is 6. The van der Waals surface area contributed by atoms with E-state index >= 15 is 8.78 Å².